The summed E-state index contributed by atoms with van der Waals surface area (Å²) in [5.74, 6) is -0.460. The van der Waals surface area contributed by atoms with Crippen molar-refractivity contribution in [1.29, 1.82) is 0 Å². The van der Waals surface area contributed by atoms with E-state index in [2.05, 4.69) is 0 Å². The fourth-order valence-corrected chi connectivity index (χ4v) is 1.04. The van der Waals surface area contributed by atoms with Crippen LogP contribution >= 0.6 is 0 Å². The van der Waals surface area contributed by atoms with E-state index in [1.54, 1.807) is 0 Å². The summed E-state index contributed by atoms with van der Waals surface area (Å²) < 4.78 is 9.68. The summed E-state index contributed by atoms with van der Waals surface area (Å²) in [5, 5.41) is 9.49. The number of phenolic OH excluding ortho intramolecular Hbond substituents is 1. The van der Waals surface area contributed by atoms with Crippen LogP contribution < -0.4 is 15.2 Å². The lowest BCUT2D eigenvalue weighted by atomic mass is 10.2. The van der Waals surface area contributed by atoms with Crippen LogP contribution in [0.25, 0.3) is 0 Å². The second-order valence-corrected chi connectivity index (χ2v) is 2.59. The molecule has 0 aliphatic carbocycles. The van der Waals surface area contributed by atoms with Crippen LogP contribution in [0.15, 0.2) is 12.1 Å². The zero-order chi connectivity index (χ0) is 10.7. The molecule has 5 nitrogen and oxygen atoms in total. The van der Waals surface area contributed by atoms with Gasteiger partial charge in [-0.05, 0) is 12.1 Å². The molecular formula is C9H11NO4. The fraction of sp³-hybridized carbons (Fsp3) is 0.222. The van der Waals surface area contributed by atoms with Crippen molar-refractivity contribution >= 4 is 5.91 Å². The van der Waals surface area contributed by atoms with Crippen LogP contribution in [0.5, 0.6) is 17.2 Å². The molecule has 0 radical (unpaired) electrons. The molecule has 1 rings (SSSR count). The SMILES string of the molecule is COc1cc(C(N)=O)cc(OC)c1O. The maximum atomic E-state index is 10.9. The van der Waals surface area contributed by atoms with Crippen molar-refractivity contribution in [1.82, 2.24) is 0 Å². The molecule has 0 fully saturated rings. The van der Waals surface area contributed by atoms with Gasteiger partial charge in [-0.25, -0.2) is 0 Å². The summed E-state index contributed by atoms with van der Waals surface area (Å²) in [6.07, 6.45) is 0. The number of aromatic hydroxyl groups is 1. The molecular weight excluding hydrogens is 186 g/mol. The molecule has 0 aliphatic rings. The van der Waals surface area contributed by atoms with E-state index in [-0.39, 0.29) is 22.8 Å². The molecule has 1 amide bonds. The van der Waals surface area contributed by atoms with Gasteiger partial charge in [-0.1, -0.05) is 0 Å². The Morgan fingerprint density at radius 1 is 1.29 bits per heavy atom. The molecule has 0 saturated carbocycles. The number of nitrogens with two attached hydrogens (primary N) is 1. The van der Waals surface area contributed by atoms with Gasteiger partial charge in [0.05, 0.1) is 14.2 Å². The van der Waals surface area contributed by atoms with Gasteiger partial charge in [-0.3, -0.25) is 4.79 Å². The number of carbonyl (C=O) groups excluding carboxylic acids is 1. The normalized spacial score (nSPS) is 9.57. The maximum Gasteiger partial charge on any atom is 0.248 e. The number of carbonyl (C=O) groups is 1. The van der Waals surface area contributed by atoms with E-state index >= 15 is 0 Å². The molecule has 0 aliphatic heterocycles. The van der Waals surface area contributed by atoms with E-state index in [1.165, 1.54) is 26.4 Å². The van der Waals surface area contributed by atoms with Gasteiger partial charge in [0.2, 0.25) is 11.7 Å². The van der Waals surface area contributed by atoms with Crippen molar-refractivity contribution in [2.75, 3.05) is 14.2 Å². The van der Waals surface area contributed by atoms with Gasteiger partial charge < -0.3 is 20.3 Å². The predicted molar refractivity (Wildman–Crippen MR) is 49.7 cm³/mol. The summed E-state index contributed by atoms with van der Waals surface area (Å²) >= 11 is 0. The van der Waals surface area contributed by atoms with Crippen molar-refractivity contribution in [2.45, 2.75) is 0 Å². The number of amides is 1. The molecule has 0 spiro atoms. The van der Waals surface area contributed by atoms with Gasteiger partial charge in [0.1, 0.15) is 0 Å². The van der Waals surface area contributed by atoms with Crippen molar-refractivity contribution in [3.8, 4) is 17.2 Å². The summed E-state index contributed by atoms with van der Waals surface area (Å²) in [5.41, 5.74) is 5.30. The predicted octanol–water partition coefficient (Wildman–Crippen LogP) is 0.508. The summed E-state index contributed by atoms with van der Waals surface area (Å²) in [6, 6.07) is 2.69. The zero-order valence-electron chi connectivity index (χ0n) is 7.90. The third kappa shape index (κ3) is 1.71. The van der Waals surface area contributed by atoms with E-state index < -0.39 is 5.91 Å². The van der Waals surface area contributed by atoms with Crippen molar-refractivity contribution in [3.05, 3.63) is 17.7 Å². The summed E-state index contributed by atoms with van der Waals surface area (Å²) in [6.45, 7) is 0. The second kappa shape index (κ2) is 3.87. The molecule has 0 atom stereocenters. The summed E-state index contributed by atoms with van der Waals surface area (Å²) in [7, 11) is 2.75. The van der Waals surface area contributed by atoms with Crippen molar-refractivity contribution in [2.24, 2.45) is 5.73 Å². The Morgan fingerprint density at radius 2 is 1.71 bits per heavy atom. The molecule has 0 unspecified atom stereocenters. The van der Waals surface area contributed by atoms with E-state index in [4.69, 9.17) is 15.2 Å². The maximum absolute atomic E-state index is 10.9. The minimum Gasteiger partial charge on any atom is -0.502 e. The summed E-state index contributed by atoms with van der Waals surface area (Å²) in [4.78, 5) is 10.9. The van der Waals surface area contributed by atoms with E-state index in [9.17, 15) is 9.90 Å². The number of rotatable bonds is 3. The highest BCUT2D eigenvalue weighted by Gasteiger charge is 2.13. The van der Waals surface area contributed by atoms with Crippen molar-refractivity contribution < 1.29 is 19.4 Å². The van der Waals surface area contributed by atoms with Gasteiger partial charge in [0.15, 0.2) is 11.5 Å². The Hall–Kier alpha value is -1.91. The lowest BCUT2D eigenvalue weighted by Crippen LogP contribution is -2.11. The topological polar surface area (TPSA) is 81.8 Å². The number of hydrogen-bond donors (Lipinski definition) is 2. The standard InChI is InChI=1S/C9H11NO4/c1-13-6-3-5(9(10)12)4-7(14-2)8(6)11/h3-4,11H,1-2H3,(H2,10,12). The largest absolute Gasteiger partial charge is 0.502 e. The number of methoxy groups -OCH3 is 2. The number of hydrogen-bond acceptors (Lipinski definition) is 4. The Morgan fingerprint density at radius 3 is 2.00 bits per heavy atom. The van der Waals surface area contributed by atoms with E-state index in [1.807, 2.05) is 0 Å². The highest BCUT2D eigenvalue weighted by molar-refractivity contribution is 5.94. The first-order chi connectivity index (χ1) is 6.60. The van der Waals surface area contributed by atoms with E-state index in [0.29, 0.717) is 0 Å². The number of ether oxygens (including phenoxy) is 2. The molecule has 76 valence electrons. The average molecular weight is 197 g/mol. The van der Waals surface area contributed by atoms with Gasteiger partial charge in [-0.2, -0.15) is 0 Å². The van der Waals surface area contributed by atoms with Gasteiger partial charge in [0.25, 0.3) is 0 Å². The minimum absolute atomic E-state index is 0.151. The van der Waals surface area contributed by atoms with Crippen LogP contribution in [0.2, 0.25) is 0 Å². The zero-order valence-corrected chi connectivity index (χ0v) is 7.90. The Labute approximate surface area is 81.0 Å². The van der Waals surface area contributed by atoms with Crippen molar-refractivity contribution in [3.63, 3.8) is 0 Å². The molecule has 3 N–H and O–H groups in total. The third-order valence-corrected chi connectivity index (χ3v) is 1.76. The lowest BCUT2D eigenvalue weighted by molar-refractivity contribution is 0.0999. The first kappa shape index (κ1) is 10.2. The number of phenols is 1. The minimum atomic E-state index is -0.610. The number of benzene rings is 1. The highest BCUT2D eigenvalue weighted by atomic mass is 16.5. The molecule has 0 saturated heterocycles. The molecule has 0 heterocycles. The van der Waals surface area contributed by atoms with Gasteiger partial charge in [-0.15, -0.1) is 0 Å². The first-order valence-corrected chi connectivity index (χ1v) is 3.85. The first-order valence-electron chi connectivity index (χ1n) is 3.85. The molecule has 14 heavy (non-hydrogen) atoms. The van der Waals surface area contributed by atoms with E-state index in [0.717, 1.165) is 0 Å². The Bertz CT molecular complexity index is 337. The van der Waals surface area contributed by atoms with Crippen LogP contribution in [0.4, 0.5) is 0 Å². The van der Waals surface area contributed by atoms with Gasteiger partial charge in [0, 0.05) is 5.56 Å². The third-order valence-electron chi connectivity index (χ3n) is 1.76. The van der Waals surface area contributed by atoms with Crippen LogP contribution in [0, 0.1) is 0 Å². The van der Waals surface area contributed by atoms with Crippen LogP contribution in [0.1, 0.15) is 10.4 Å². The molecule has 1 aromatic rings. The Kier molecular flexibility index (Phi) is 2.81. The second-order valence-electron chi connectivity index (χ2n) is 2.59. The molecule has 1 aromatic carbocycles. The Balaban J connectivity index is 3.32. The highest BCUT2D eigenvalue weighted by Crippen LogP contribution is 2.36. The quantitative estimate of drug-likeness (QED) is 0.739. The lowest BCUT2D eigenvalue weighted by Gasteiger charge is -2.09. The monoisotopic (exact) mass is 197 g/mol. The van der Waals surface area contributed by atoms with Crippen LogP contribution in [-0.2, 0) is 0 Å². The average Bonchev–Trinajstić information content (AvgIpc) is 2.17. The van der Waals surface area contributed by atoms with Gasteiger partial charge >= 0.3 is 0 Å². The smallest absolute Gasteiger partial charge is 0.248 e. The van der Waals surface area contributed by atoms with Crippen LogP contribution in [-0.4, -0.2) is 25.2 Å². The molecule has 0 aromatic heterocycles. The fourth-order valence-electron chi connectivity index (χ4n) is 1.04. The molecule has 0 bridgehead atoms. The van der Waals surface area contributed by atoms with Crippen LogP contribution in [0.3, 0.4) is 0 Å². The molecule has 5 heteroatoms. The number of primary amides is 1.